The second-order valence-corrected chi connectivity index (χ2v) is 8.69. The highest BCUT2D eigenvalue weighted by molar-refractivity contribution is 7.89. The van der Waals surface area contributed by atoms with Crippen molar-refractivity contribution in [2.75, 3.05) is 11.9 Å². The van der Waals surface area contributed by atoms with Gasteiger partial charge < -0.3 is 10.1 Å². The molecule has 0 aliphatic heterocycles. The topological polar surface area (TPSA) is 116 Å². The number of benzene rings is 3. The fourth-order valence-corrected chi connectivity index (χ4v) is 3.73. The predicted octanol–water partition coefficient (Wildman–Crippen LogP) is 3.54. The summed E-state index contributed by atoms with van der Waals surface area (Å²) in [4.78, 5) is 24.5. The van der Waals surface area contributed by atoms with E-state index in [1.807, 2.05) is 0 Å². The molecule has 0 spiro atoms. The standard InChI is InChI=1S/C22H19ClN2O5S/c1-14-2-9-18(12-20(14)31(24,28)29)25-21(26)13-30-19-10-5-16(6-11-19)22(27)15-3-7-17(23)8-4-15/h2-12H,13H2,1H3,(H,25,26)(H2,24,28,29). The number of primary sulfonamides is 1. The highest BCUT2D eigenvalue weighted by Gasteiger charge is 2.14. The Morgan fingerprint density at radius 1 is 0.968 bits per heavy atom. The molecule has 9 heteroatoms. The molecule has 0 saturated carbocycles. The van der Waals surface area contributed by atoms with Crippen LogP contribution in [-0.2, 0) is 14.8 Å². The highest BCUT2D eigenvalue weighted by Crippen LogP contribution is 2.20. The molecule has 3 N–H and O–H groups in total. The molecule has 0 heterocycles. The van der Waals surface area contributed by atoms with Gasteiger partial charge in [0.2, 0.25) is 10.0 Å². The van der Waals surface area contributed by atoms with Gasteiger partial charge in [0, 0.05) is 21.8 Å². The molecule has 0 unspecified atom stereocenters. The lowest BCUT2D eigenvalue weighted by Crippen LogP contribution is -2.21. The zero-order valence-corrected chi connectivity index (χ0v) is 18.0. The third-order valence-corrected chi connectivity index (χ3v) is 5.68. The number of aryl methyl sites for hydroxylation is 1. The van der Waals surface area contributed by atoms with Crippen LogP contribution in [0.3, 0.4) is 0 Å². The molecule has 0 radical (unpaired) electrons. The summed E-state index contributed by atoms with van der Waals surface area (Å²) in [6, 6.07) is 17.4. The number of rotatable bonds is 7. The lowest BCUT2D eigenvalue weighted by Gasteiger charge is -2.10. The first-order valence-corrected chi connectivity index (χ1v) is 11.0. The van der Waals surface area contributed by atoms with Crippen LogP contribution >= 0.6 is 11.6 Å². The van der Waals surface area contributed by atoms with E-state index in [1.165, 1.54) is 6.07 Å². The van der Waals surface area contributed by atoms with E-state index in [0.29, 0.717) is 27.5 Å². The van der Waals surface area contributed by atoms with Gasteiger partial charge in [0.05, 0.1) is 4.90 Å². The van der Waals surface area contributed by atoms with Gasteiger partial charge in [-0.2, -0.15) is 0 Å². The Labute approximate surface area is 184 Å². The lowest BCUT2D eigenvalue weighted by atomic mass is 10.0. The number of sulfonamides is 1. The first kappa shape index (κ1) is 22.5. The summed E-state index contributed by atoms with van der Waals surface area (Å²) in [6.45, 7) is 1.30. The first-order valence-electron chi connectivity index (χ1n) is 9.10. The Balaban J connectivity index is 1.60. The Bertz CT molecular complexity index is 1220. The van der Waals surface area contributed by atoms with E-state index >= 15 is 0 Å². The van der Waals surface area contributed by atoms with Gasteiger partial charge in [-0.05, 0) is 73.2 Å². The van der Waals surface area contributed by atoms with Crippen LogP contribution in [0.1, 0.15) is 21.5 Å². The average Bonchev–Trinajstić information content (AvgIpc) is 2.73. The molecule has 0 fully saturated rings. The fraction of sp³-hybridized carbons (Fsp3) is 0.0909. The van der Waals surface area contributed by atoms with Crippen molar-refractivity contribution in [2.45, 2.75) is 11.8 Å². The number of nitrogens with two attached hydrogens (primary N) is 1. The Morgan fingerprint density at radius 2 is 1.55 bits per heavy atom. The normalized spacial score (nSPS) is 11.1. The van der Waals surface area contributed by atoms with Gasteiger partial charge in [-0.15, -0.1) is 0 Å². The van der Waals surface area contributed by atoms with E-state index in [0.717, 1.165) is 0 Å². The van der Waals surface area contributed by atoms with Crippen LogP contribution in [0.4, 0.5) is 5.69 Å². The van der Waals surface area contributed by atoms with Crippen LogP contribution < -0.4 is 15.2 Å². The van der Waals surface area contributed by atoms with Gasteiger partial charge in [-0.3, -0.25) is 9.59 Å². The van der Waals surface area contributed by atoms with Crippen LogP contribution in [0.25, 0.3) is 0 Å². The van der Waals surface area contributed by atoms with E-state index in [1.54, 1.807) is 67.6 Å². The number of ether oxygens (including phenoxy) is 1. The maximum absolute atomic E-state index is 12.5. The number of anilines is 1. The molecule has 0 saturated heterocycles. The number of halogens is 1. The first-order chi connectivity index (χ1) is 14.6. The molecule has 3 aromatic rings. The molecular weight excluding hydrogens is 440 g/mol. The molecule has 0 aliphatic rings. The Kier molecular flexibility index (Phi) is 6.74. The summed E-state index contributed by atoms with van der Waals surface area (Å²) < 4.78 is 28.6. The fourth-order valence-electron chi connectivity index (χ4n) is 2.80. The predicted molar refractivity (Wildman–Crippen MR) is 118 cm³/mol. The van der Waals surface area contributed by atoms with Crippen LogP contribution in [-0.4, -0.2) is 26.7 Å². The zero-order chi connectivity index (χ0) is 22.6. The van der Waals surface area contributed by atoms with Crippen molar-refractivity contribution in [3.8, 4) is 5.75 Å². The zero-order valence-electron chi connectivity index (χ0n) is 16.5. The third kappa shape index (κ3) is 5.91. The Morgan fingerprint density at radius 3 is 2.13 bits per heavy atom. The number of nitrogens with one attached hydrogen (secondary N) is 1. The second kappa shape index (κ2) is 9.30. The molecule has 160 valence electrons. The van der Waals surface area contributed by atoms with E-state index in [9.17, 15) is 18.0 Å². The maximum atomic E-state index is 12.5. The molecule has 0 bridgehead atoms. The third-order valence-electron chi connectivity index (χ3n) is 4.37. The van der Waals surface area contributed by atoms with Crippen LogP contribution in [0.15, 0.2) is 71.6 Å². The number of ketones is 1. The van der Waals surface area contributed by atoms with E-state index < -0.39 is 15.9 Å². The summed E-state index contributed by atoms with van der Waals surface area (Å²) in [5, 5.41) is 8.28. The van der Waals surface area contributed by atoms with Gasteiger partial charge >= 0.3 is 0 Å². The SMILES string of the molecule is Cc1ccc(NC(=O)COc2ccc(C(=O)c3ccc(Cl)cc3)cc2)cc1S(N)(=O)=O. The van der Waals surface area contributed by atoms with Gasteiger partial charge in [0.1, 0.15) is 5.75 Å². The molecule has 1 amide bonds. The highest BCUT2D eigenvalue weighted by atomic mass is 35.5. The molecule has 31 heavy (non-hydrogen) atoms. The summed E-state index contributed by atoms with van der Waals surface area (Å²) in [5.41, 5.74) is 1.74. The molecule has 0 aromatic heterocycles. The van der Waals surface area contributed by atoms with Crippen LogP contribution in [0, 0.1) is 6.92 Å². The van der Waals surface area contributed by atoms with Gasteiger partial charge in [-0.1, -0.05) is 17.7 Å². The summed E-state index contributed by atoms with van der Waals surface area (Å²) in [5.74, 6) is -0.242. The number of hydrogen-bond acceptors (Lipinski definition) is 5. The molecule has 7 nitrogen and oxygen atoms in total. The minimum absolute atomic E-state index is 0.0628. The van der Waals surface area contributed by atoms with Gasteiger partial charge in [0.25, 0.3) is 5.91 Å². The molecule has 3 aromatic carbocycles. The summed E-state index contributed by atoms with van der Waals surface area (Å²) >= 11 is 5.84. The lowest BCUT2D eigenvalue weighted by molar-refractivity contribution is -0.118. The van der Waals surface area contributed by atoms with Crippen molar-refractivity contribution in [3.63, 3.8) is 0 Å². The van der Waals surface area contributed by atoms with Crippen molar-refractivity contribution in [2.24, 2.45) is 5.14 Å². The molecule has 0 aliphatic carbocycles. The number of hydrogen-bond donors (Lipinski definition) is 2. The largest absolute Gasteiger partial charge is 0.484 e. The molecule has 3 rings (SSSR count). The number of carbonyl (C=O) groups is 2. The molecular formula is C22H19ClN2O5S. The van der Waals surface area contributed by atoms with Crippen molar-refractivity contribution < 1.29 is 22.7 Å². The van der Waals surface area contributed by atoms with Crippen molar-refractivity contribution in [3.05, 3.63) is 88.4 Å². The monoisotopic (exact) mass is 458 g/mol. The van der Waals surface area contributed by atoms with E-state index in [4.69, 9.17) is 21.5 Å². The minimum Gasteiger partial charge on any atom is -0.484 e. The van der Waals surface area contributed by atoms with Gasteiger partial charge in [0.15, 0.2) is 12.4 Å². The van der Waals surface area contributed by atoms with Gasteiger partial charge in [-0.25, -0.2) is 13.6 Å². The molecule has 0 atom stereocenters. The Hall–Kier alpha value is -3.20. The summed E-state index contributed by atoms with van der Waals surface area (Å²) in [7, 11) is -3.90. The number of amides is 1. The van der Waals surface area contributed by atoms with Crippen LogP contribution in [0.5, 0.6) is 5.75 Å². The summed E-state index contributed by atoms with van der Waals surface area (Å²) in [6.07, 6.45) is 0. The number of carbonyl (C=O) groups excluding carboxylic acids is 2. The van der Waals surface area contributed by atoms with Crippen molar-refractivity contribution in [1.82, 2.24) is 0 Å². The average molecular weight is 459 g/mol. The van der Waals surface area contributed by atoms with Crippen molar-refractivity contribution >= 4 is 39.0 Å². The van der Waals surface area contributed by atoms with E-state index in [-0.39, 0.29) is 23.0 Å². The minimum atomic E-state index is -3.90. The van der Waals surface area contributed by atoms with Crippen molar-refractivity contribution in [1.29, 1.82) is 0 Å². The van der Waals surface area contributed by atoms with E-state index in [2.05, 4.69) is 5.32 Å². The smallest absolute Gasteiger partial charge is 0.262 e. The quantitative estimate of drug-likeness (QED) is 0.525. The maximum Gasteiger partial charge on any atom is 0.262 e. The van der Waals surface area contributed by atoms with Crippen LogP contribution in [0.2, 0.25) is 5.02 Å². The second-order valence-electron chi connectivity index (χ2n) is 6.72.